The van der Waals surface area contributed by atoms with Gasteiger partial charge in [0.25, 0.3) is 0 Å². The molecule has 1 fully saturated rings. The number of ether oxygens (including phenoxy) is 1. The van der Waals surface area contributed by atoms with Crippen molar-refractivity contribution in [3.8, 4) is 0 Å². The van der Waals surface area contributed by atoms with Crippen LogP contribution in [-0.4, -0.2) is 23.2 Å². The van der Waals surface area contributed by atoms with E-state index in [9.17, 15) is 4.79 Å². The summed E-state index contributed by atoms with van der Waals surface area (Å²) in [5, 5.41) is 3.61. The minimum absolute atomic E-state index is 0.00264. The van der Waals surface area contributed by atoms with Crippen molar-refractivity contribution in [2.75, 3.05) is 0 Å². The number of rotatable bonds is 5. The molecule has 0 aromatic heterocycles. The van der Waals surface area contributed by atoms with E-state index < -0.39 is 0 Å². The molecule has 1 N–H and O–H groups in total. The summed E-state index contributed by atoms with van der Waals surface area (Å²) in [6.45, 7) is 12.9. The van der Waals surface area contributed by atoms with Gasteiger partial charge in [0.05, 0.1) is 5.92 Å². The van der Waals surface area contributed by atoms with Crippen molar-refractivity contribution >= 4 is 5.97 Å². The predicted molar refractivity (Wildman–Crippen MR) is 79.1 cm³/mol. The number of hydrogen-bond donors (Lipinski definition) is 1. The van der Waals surface area contributed by atoms with Crippen LogP contribution in [0.25, 0.3) is 0 Å². The molecule has 1 unspecified atom stereocenters. The van der Waals surface area contributed by atoms with Crippen LogP contribution in [0, 0.1) is 5.92 Å². The highest BCUT2D eigenvalue weighted by Crippen LogP contribution is 2.31. The van der Waals surface area contributed by atoms with Gasteiger partial charge in [-0.2, -0.15) is 0 Å². The number of esters is 1. The summed E-state index contributed by atoms with van der Waals surface area (Å²) >= 11 is 0. The maximum absolute atomic E-state index is 12.2. The molecule has 0 aromatic rings. The minimum atomic E-state index is 0.00264. The average Bonchev–Trinajstić information content (AvgIpc) is 2.20. The molecule has 1 heterocycles. The fourth-order valence-corrected chi connectivity index (χ4v) is 3.41. The normalized spacial score (nSPS) is 23.9. The van der Waals surface area contributed by atoms with Gasteiger partial charge in [-0.1, -0.05) is 20.3 Å². The average molecular weight is 269 g/mol. The number of piperidine rings is 1. The van der Waals surface area contributed by atoms with Crippen LogP contribution in [0.2, 0.25) is 0 Å². The molecule has 0 amide bonds. The Kier molecular flexibility index (Phi) is 5.43. The largest absolute Gasteiger partial charge is 0.462 e. The van der Waals surface area contributed by atoms with Gasteiger partial charge in [0.15, 0.2) is 0 Å². The van der Waals surface area contributed by atoms with Crippen molar-refractivity contribution in [3.63, 3.8) is 0 Å². The summed E-state index contributed by atoms with van der Waals surface area (Å²) < 4.78 is 5.79. The Morgan fingerprint density at radius 1 is 1.21 bits per heavy atom. The first kappa shape index (κ1) is 16.5. The predicted octanol–water partition coefficient (Wildman–Crippen LogP) is 3.67. The van der Waals surface area contributed by atoms with Gasteiger partial charge in [-0.05, 0) is 40.5 Å². The van der Waals surface area contributed by atoms with Crippen LogP contribution in [0.5, 0.6) is 0 Å². The highest BCUT2D eigenvalue weighted by molar-refractivity contribution is 5.72. The van der Waals surface area contributed by atoms with Crippen molar-refractivity contribution in [1.82, 2.24) is 5.32 Å². The van der Waals surface area contributed by atoms with Crippen LogP contribution in [0.3, 0.4) is 0 Å². The molecule has 1 saturated heterocycles. The van der Waals surface area contributed by atoms with Gasteiger partial charge >= 0.3 is 5.97 Å². The molecule has 3 heteroatoms. The van der Waals surface area contributed by atoms with E-state index in [-0.39, 0.29) is 29.1 Å². The van der Waals surface area contributed by atoms with E-state index in [1.165, 1.54) is 0 Å². The second-order valence-electron chi connectivity index (χ2n) is 7.25. The Bertz CT molecular complexity index is 294. The number of carbonyl (C=O) groups excluding carboxylic acids is 1. The van der Waals surface area contributed by atoms with E-state index in [0.29, 0.717) is 0 Å². The van der Waals surface area contributed by atoms with Crippen LogP contribution < -0.4 is 5.32 Å². The first-order valence-corrected chi connectivity index (χ1v) is 7.69. The van der Waals surface area contributed by atoms with Crippen molar-refractivity contribution in [1.29, 1.82) is 0 Å². The molecule has 1 rings (SSSR count). The molecule has 112 valence electrons. The summed E-state index contributed by atoms with van der Waals surface area (Å²) in [6, 6.07) is 0. The summed E-state index contributed by atoms with van der Waals surface area (Å²) in [5.74, 6) is 0.0777. The van der Waals surface area contributed by atoms with E-state index in [4.69, 9.17) is 4.74 Å². The third kappa shape index (κ3) is 5.13. The number of carbonyl (C=O) groups is 1. The topological polar surface area (TPSA) is 38.3 Å². The Morgan fingerprint density at radius 2 is 1.74 bits per heavy atom. The first-order chi connectivity index (χ1) is 8.69. The molecule has 0 aromatic carbocycles. The smallest absolute Gasteiger partial charge is 0.309 e. The van der Waals surface area contributed by atoms with Crippen LogP contribution in [0.4, 0.5) is 0 Å². The number of nitrogens with one attached hydrogen (secondary N) is 1. The molecule has 1 aliphatic heterocycles. The van der Waals surface area contributed by atoms with Gasteiger partial charge in [0.1, 0.15) is 6.10 Å². The maximum Gasteiger partial charge on any atom is 0.309 e. The first-order valence-electron chi connectivity index (χ1n) is 7.69. The lowest BCUT2D eigenvalue weighted by atomic mass is 9.81. The fourth-order valence-electron chi connectivity index (χ4n) is 3.41. The summed E-state index contributed by atoms with van der Waals surface area (Å²) in [4.78, 5) is 12.2. The molecule has 19 heavy (non-hydrogen) atoms. The van der Waals surface area contributed by atoms with Gasteiger partial charge in [-0.15, -0.1) is 0 Å². The Labute approximate surface area is 118 Å². The molecule has 0 saturated carbocycles. The van der Waals surface area contributed by atoms with Gasteiger partial charge in [0.2, 0.25) is 0 Å². The van der Waals surface area contributed by atoms with Gasteiger partial charge in [0, 0.05) is 23.9 Å². The highest BCUT2D eigenvalue weighted by Gasteiger charge is 2.39. The second kappa shape index (κ2) is 6.25. The minimum Gasteiger partial charge on any atom is -0.462 e. The zero-order chi connectivity index (χ0) is 14.7. The van der Waals surface area contributed by atoms with Crippen molar-refractivity contribution in [2.45, 2.75) is 90.8 Å². The van der Waals surface area contributed by atoms with Crippen LogP contribution >= 0.6 is 0 Å². The third-order valence-corrected chi connectivity index (χ3v) is 3.90. The highest BCUT2D eigenvalue weighted by atomic mass is 16.5. The van der Waals surface area contributed by atoms with Gasteiger partial charge < -0.3 is 10.1 Å². The van der Waals surface area contributed by atoms with Crippen molar-refractivity contribution < 1.29 is 9.53 Å². The molecule has 1 atom stereocenters. The van der Waals surface area contributed by atoms with E-state index in [1.54, 1.807) is 0 Å². The zero-order valence-corrected chi connectivity index (χ0v) is 13.5. The SMILES string of the molecule is CCCC(CC)C(=O)OC1CC(C)(C)NC(C)(C)C1. The zero-order valence-electron chi connectivity index (χ0n) is 13.5. The molecular formula is C16H31NO2. The molecule has 1 aliphatic rings. The lowest BCUT2D eigenvalue weighted by Crippen LogP contribution is -2.59. The van der Waals surface area contributed by atoms with E-state index in [2.05, 4.69) is 46.9 Å². The fraction of sp³-hybridized carbons (Fsp3) is 0.938. The Hall–Kier alpha value is -0.570. The molecule has 3 nitrogen and oxygen atoms in total. The van der Waals surface area contributed by atoms with Gasteiger partial charge in [-0.25, -0.2) is 0 Å². The molecule has 0 bridgehead atoms. The summed E-state index contributed by atoms with van der Waals surface area (Å²) in [6.07, 6.45) is 4.69. The van der Waals surface area contributed by atoms with Crippen LogP contribution in [0.15, 0.2) is 0 Å². The van der Waals surface area contributed by atoms with E-state index in [0.717, 1.165) is 32.1 Å². The quantitative estimate of drug-likeness (QED) is 0.774. The summed E-state index contributed by atoms with van der Waals surface area (Å²) in [7, 11) is 0. The van der Waals surface area contributed by atoms with Crippen molar-refractivity contribution in [3.05, 3.63) is 0 Å². The van der Waals surface area contributed by atoms with Crippen molar-refractivity contribution in [2.24, 2.45) is 5.92 Å². The molecule has 0 aliphatic carbocycles. The monoisotopic (exact) mass is 269 g/mol. The third-order valence-electron chi connectivity index (χ3n) is 3.90. The molecule has 0 spiro atoms. The van der Waals surface area contributed by atoms with Crippen LogP contribution in [-0.2, 0) is 9.53 Å². The lowest BCUT2D eigenvalue weighted by Gasteiger charge is -2.46. The van der Waals surface area contributed by atoms with E-state index >= 15 is 0 Å². The maximum atomic E-state index is 12.2. The summed E-state index contributed by atoms with van der Waals surface area (Å²) in [5.41, 5.74) is 0.0539. The van der Waals surface area contributed by atoms with Gasteiger partial charge in [-0.3, -0.25) is 4.79 Å². The number of hydrogen-bond acceptors (Lipinski definition) is 3. The standard InChI is InChI=1S/C16H31NO2/c1-7-9-12(8-2)14(18)19-13-10-15(3,4)17-16(5,6)11-13/h12-13,17H,7-11H2,1-6H3. The van der Waals surface area contributed by atoms with E-state index in [1.807, 2.05) is 0 Å². The Balaban J connectivity index is 2.63. The second-order valence-corrected chi connectivity index (χ2v) is 7.25. The van der Waals surface area contributed by atoms with Crippen LogP contribution in [0.1, 0.15) is 73.6 Å². The lowest BCUT2D eigenvalue weighted by molar-refractivity contribution is -0.158. The molecule has 0 radical (unpaired) electrons. The Morgan fingerprint density at radius 3 is 2.16 bits per heavy atom. The molecular weight excluding hydrogens is 238 g/mol.